The van der Waals surface area contributed by atoms with Crippen molar-refractivity contribution in [3.8, 4) is 0 Å². The van der Waals surface area contributed by atoms with Crippen molar-refractivity contribution in [3.05, 3.63) is 125 Å². The summed E-state index contributed by atoms with van der Waals surface area (Å²) in [6.45, 7) is 0.789. The van der Waals surface area contributed by atoms with E-state index in [1.807, 2.05) is 48.5 Å². The van der Waals surface area contributed by atoms with Crippen molar-refractivity contribution in [1.82, 2.24) is 10.2 Å². The van der Waals surface area contributed by atoms with E-state index in [2.05, 4.69) is 10.6 Å². The summed E-state index contributed by atoms with van der Waals surface area (Å²) in [6.07, 6.45) is 1.59. The molecule has 0 radical (unpaired) electrons. The first kappa shape index (κ1) is 24.4. The number of para-hydroxylation sites is 1. The molecule has 1 saturated heterocycles. The molecule has 0 bridgehead atoms. The zero-order valence-corrected chi connectivity index (χ0v) is 20.7. The van der Waals surface area contributed by atoms with Gasteiger partial charge in [-0.05, 0) is 47.5 Å². The van der Waals surface area contributed by atoms with Crippen molar-refractivity contribution in [1.29, 1.82) is 0 Å². The molecule has 3 aromatic carbocycles. The topological polar surface area (TPSA) is 91.7 Å². The Morgan fingerprint density at radius 1 is 0.892 bits per heavy atom. The molecule has 1 fully saturated rings. The molecule has 0 spiro atoms. The highest BCUT2D eigenvalue weighted by molar-refractivity contribution is 8.00. The van der Waals surface area contributed by atoms with E-state index in [1.54, 1.807) is 65.4 Å². The minimum Gasteiger partial charge on any atom is -0.467 e. The van der Waals surface area contributed by atoms with E-state index < -0.39 is 0 Å². The molecule has 186 valence electrons. The van der Waals surface area contributed by atoms with E-state index in [-0.39, 0.29) is 23.1 Å². The van der Waals surface area contributed by atoms with Crippen LogP contribution in [-0.4, -0.2) is 28.4 Å². The summed E-state index contributed by atoms with van der Waals surface area (Å²) in [5.41, 5.74) is 3.19. The molecule has 37 heavy (non-hydrogen) atoms. The van der Waals surface area contributed by atoms with Crippen LogP contribution in [0.3, 0.4) is 0 Å². The lowest BCUT2D eigenvalue weighted by molar-refractivity contribution is -0.128. The SMILES string of the molecule is O=C(Nc1ccccc1C(=O)NCc1ccccc1)c1ccc([C@H]2SCC(=O)N2Cc2ccco2)cc1. The molecule has 1 aliphatic rings. The summed E-state index contributed by atoms with van der Waals surface area (Å²) in [4.78, 5) is 40.0. The van der Waals surface area contributed by atoms with Gasteiger partial charge in [-0.1, -0.05) is 54.6 Å². The number of furan rings is 1. The fourth-order valence-electron chi connectivity index (χ4n) is 4.13. The van der Waals surface area contributed by atoms with Crippen molar-refractivity contribution in [2.24, 2.45) is 0 Å². The average molecular weight is 512 g/mol. The number of thioether (sulfide) groups is 1. The second-order valence-electron chi connectivity index (χ2n) is 8.55. The highest BCUT2D eigenvalue weighted by atomic mass is 32.2. The van der Waals surface area contributed by atoms with Crippen LogP contribution in [0.25, 0.3) is 0 Å². The largest absolute Gasteiger partial charge is 0.467 e. The van der Waals surface area contributed by atoms with Gasteiger partial charge in [0, 0.05) is 12.1 Å². The smallest absolute Gasteiger partial charge is 0.255 e. The predicted octanol–water partition coefficient (Wildman–Crippen LogP) is 5.24. The van der Waals surface area contributed by atoms with E-state index in [0.29, 0.717) is 35.7 Å². The molecular formula is C29H25N3O4S. The Kier molecular flexibility index (Phi) is 7.37. The molecule has 1 atom stereocenters. The van der Waals surface area contributed by atoms with Crippen LogP contribution in [0.1, 0.15) is 43.0 Å². The van der Waals surface area contributed by atoms with Gasteiger partial charge in [0.15, 0.2) is 0 Å². The van der Waals surface area contributed by atoms with Crippen molar-refractivity contribution >= 4 is 35.2 Å². The predicted molar refractivity (Wildman–Crippen MR) is 143 cm³/mol. The summed E-state index contributed by atoms with van der Waals surface area (Å²) < 4.78 is 5.41. The fraction of sp³-hybridized carbons (Fsp3) is 0.138. The Morgan fingerprint density at radius 2 is 1.65 bits per heavy atom. The summed E-state index contributed by atoms with van der Waals surface area (Å²) in [7, 11) is 0. The number of hydrogen-bond acceptors (Lipinski definition) is 5. The fourth-order valence-corrected chi connectivity index (χ4v) is 5.32. The maximum Gasteiger partial charge on any atom is 0.255 e. The van der Waals surface area contributed by atoms with E-state index >= 15 is 0 Å². The number of benzene rings is 3. The van der Waals surface area contributed by atoms with Crippen LogP contribution in [-0.2, 0) is 17.9 Å². The maximum atomic E-state index is 13.0. The van der Waals surface area contributed by atoms with Crippen LogP contribution in [0, 0.1) is 0 Å². The first-order chi connectivity index (χ1) is 18.1. The second-order valence-corrected chi connectivity index (χ2v) is 9.62. The molecule has 3 amide bonds. The van der Waals surface area contributed by atoms with Gasteiger partial charge >= 0.3 is 0 Å². The van der Waals surface area contributed by atoms with Crippen molar-refractivity contribution in [3.63, 3.8) is 0 Å². The number of nitrogens with one attached hydrogen (secondary N) is 2. The third-order valence-electron chi connectivity index (χ3n) is 6.05. The van der Waals surface area contributed by atoms with Gasteiger partial charge in [-0.2, -0.15) is 0 Å². The van der Waals surface area contributed by atoms with Crippen LogP contribution < -0.4 is 10.6 Å². The van der Waals surface area contributed by atoms with Gasteiger partial charge in [-0.25, -0.2) is 0 Å². The zero-order chi connectivity index (χ0) is 25.6. The summed E-state index contributed by atoms with van der Waals surface area (Å²) in [5.74, 6) is 0.585. The Bertz CT molecular complexity index is 1390. The number of amides is 3. The van der Waals surface area contributed by atoms with E-state index in [1.165, 1.54) is 0 Å². The first-order valence-electron chi connectivity index (χ1n) is 11.8. The van der Waals surface area contributed by atoms with Gasteiger partial charge in [0.25, 0.3) is 11.8 Å². The summed E-state index contributed by atoms with van der Waals surface area (Å²) in [5, 5.41) is 5.61. The minimum atomic E-state index is -0.322. The number of hydrogen-bond donors (Lipinski definition) is 2. The number of carbonyl (C=O) groups excluding carboxylic acids is 3. The van der Waals surface area contributed by atoms with Crippen LogP contribution in [0.15, 0.2) is 102 Å². The molecule has 2 heterocycles. The molecule has 8 heteroatoms. The first-order valence-corrected chi connectivity index (χ1v) is 12.9. The Balaban J connectivity index is 1.25. The van der Waals surface area contributed by atoms with Crippen LogP contribution in [0.4, 0.5) is 5.69 Å². The molecule has 1 aromatic heterocycles. The van der Waals surface area contributed by atoms with E-state index in [0.717, 1.165) is 16.9 Å². The summed E-state index contributed by atoms with van der Waals surface area (Å²) in [6, 6.07) is 27.4. The van der Waals surface area contributed by atoms with Crippen molar-refractivity contribution in [2.75, 3.05) is 11.1 Å². The number of anilines is 1. The normalized spacial score (nSPS) is 15.0. The number of rotatable bonds is 8. The van der Waals surface area contributed by atoms with Crippen LogP contribution in [0.2, 0.25) is 0 Å². The molecule has 0 saturated carbocycles. The molecule has 2 N–H and O–H groups in total. The van der Waals surface area contributed by atoms with Gasteiger partial charge in [-0.3, -0.25) is 14.4 Å². The lowest BCUT2D eigenvalue weighted by atomic mass is 10.1. The van der Waals surface area contributed by atoms with E-state index in [4.69, 9.17) is 4.42 Å². The Labute approximate surface area is 218 Å². The van der Waals surface area contributed by atoms with E-state index in [9.17, 15) is 14.4 Å². The zero-order valence-electron chi connectivity index (χ0n) is 19.9. The number of carbonyl (C=O) groups is 3. The lowest BCUT2D eigenvalue weighted by Gasteiger charge is -2.23. The Hall–Kier alpha value is -4.30. The van der Waals surface area contributed by atoms with Gasteiger partial charge in [0.05, 0.1) is 29.8 Å². The summed E-state index contributed by atoms with van der Waals surface area (Å²) >= 11 is 1.55. The minimum absolute atomic E-state index is 0.0513. The second kappa shape index (κ2) is 11.2. The van der Waals surface area contributed by atoms with Crippen molar-refractivity contribution < 1.29 is 18.8 Å². The van der Waals surface area contributed by atoms with Gasteiger partial charge in [0.2, 0.25) is 5.91 Å². The Morgan fingerprint density at radius 3 is 2.41 bits per heavy atom. The van der Waals surface area contributed by atoms with Gasteiger partial charge in [0.1, 0.15) is 11.1 Å². The molecule has 5 rings (SSSR count). The molecule has 4 aromatic rings. The number of nitrogens with zero attached hydrogens (tertiary/aromatic N) is 1. The average Bonchev–Trinajstić information content (AvgIpc) is 3.58. The third-order valence-corrected chi connectivity index (χ3v) is 7.30. The van der Waals surface area contributed by atoms with Crippen molar-refractivity contribution in [2.45, 2.75) is 18.5 Å². The quantitative estimate of drug-likeness (QED) is 0.338. The molecule has 7 nitrogen and oxygen atoms in total. The molecule has 1 aliphatic heterocycles. The van der Waals surface area contributed by atoms with Crippen LogP contribution in [0.5, 0.6) is 0 Å². The standard InChI is InChI=1S/C29H25N3O4S/c33-26-19-37-29(32(26)18-23-9-6-16-36-23)22-14-12-21(13-15-22)27(34)31-25-11-5-4-10-24(25)28(35)30-17-20-7-2-1-3-8-20/h1-16,29H,17-19H2,(H,30,35)(H,31,34)/t29-/m1/s1. The van der Waals surface area contributed by atoms with Crippen LogP contribution >= 0.6 is 11.8 Å². The van der Waals surface area contributed by atoms with Gasteiger partial charge in [-0.15, -0.1) is 11.8 Å². The highest BCUT2D eigenvalue weighted by Gasteiger charge is 2.33. The molecule has 0 unspecified atom stereocenters. The molecule has 0 aliphatic carbocycles. The lowest BCUT2D eigenvalue weighted by Crippen LogP contribution is -2.27. The third kappa shape index (κ3) is 5.76. The monoisotopic (exact) mass is 511 g/mol. The highest BCUT2D eigenvalue weighted by Crippen LogP contribution is 2.39. The molecular weight excluding hydrogens is 486 g/mol. The maximum absolute atomic E-state index is 13.0. The van der Waals surface area contributed by atoms with Gasteiger partial charge < -0.3 is 20.0 Å².